The predicted octanol–water partition coefficient (Wildman–Crippen LogP) is 2.92. The molecule has 0 saturated carbocycles. The third kappa shape index (κ3) is 2.41. The zero-order valence-electron chi connectivity index (χ0n) is 8.27. The molecule has 2 aromatic rings. The van der Waals surface area contributed by atoms with Gasteiger partial charge in [-0.3, -0.25) is 0 Å². The Balaban J connectivity index is 2.06. The lowest BCUT2D eigenvalue weighted by atomic mass is 10.2. The van der Waals surface area contributed by atoms with Crippen LogP contribution in [0.5, 0.6) is 0 Å². The van der Waals surface area contributed by atoms with Crippen LogP contribution < -0.4 is 5.32 Å². The zero-order valence-corrected chi connectivity index (χ0v) is 9.86. The number of hydrogen-bond acceptors (Lipinski definition) is 4. The van der Waals surface area contributed by atoms with Gasteiger partial charge in [-0.15, -0.1) is 0 Å². The Hall–Kier alpha value is -1.80. The second-order valence-corrected chi connectivity index (χ2v) is 3.99. The van der Waals surface area contributed by atoms with E-state index >= 15 is 0 Å². The Kier molecular flexibility index (Phi) is 3.22. The van der Waals surface area contributed by atoms with Gasteiger partial charge in [-0.2, -0.15) is 5.26 Å². The van der Waals surface area contributed by atoms with Gasteiger partial charge in [0.15, 0.2) is 5.76 Å². The van der Waals surface area contributed by atoms with Crippen LogP contribution in [0.15, 0.2) is 39.5 Å². The fourth-order valence-corrected chi connectivity index (χ4v) is 1.71. The topological polar surface area (TPSA) is 61.9 Å². The molecule has 0 aliphatic carbocycles. The summed E-state index contributed by atoms with van der Waals surface area (Å²) in [4.78, 5) is 0. The van der Waals surface area contributed by atoms with Gasteiger partial charge < -0.3 is 9.84 Å². The SMILES string of the molecule is N#Cc1ccc(NCc2ccno2)cc1Br. The van der Waals surface area contributed by atoms with Gasteiger partial charge in [0.2, 0.25) is 0 Å². The van der Waals surface area contributed by atoms with Crippen molar-refractivity contribution in [3.05, 3.63) is 46.3 Å². The maximum atomic E-state index is 8.77. The van der Waals surface area contributed by atoms with Gasteiger partial charge in [0.05, 0.1) is 18.3 Å². The molecule has 0 aliphatic rings. The molecule has 80 valence electrons. The van der Waals surface area contributed by atoms with Gasteiger partial charge in [-0.05, 0) is 34.1 Å². The molecule has 0 amide bonds. The van der Waals surface area contributed by atoms with Crippen LogP contribution in [-0.2, 0) is 6.54 Å². The van der Waals surface area contributed by atoms with Crippen molar-refractivity contribution in [2.45, 2.75) is 6.54 Å². The highest BCUT2D eigenvalue weighted by Gasteiger charge is 2.01. The molecule has 0 saturated heterocycles. The van der Waals surface area contributed by atoms with Crippen molar-refractivity contribution in [1.82, 2.24) is 5.16 Å². The van der Waals surface area contributed by atoms with Gasteiger partial charge >= 0.3 is 0 Å². The van der Waals surface area contributed by atoms with Crippen molar-refractivity contribution >= 4 is 21.6 Å². The Morgan fingerprint density at radius 2 is 2.31 bits per heavy atom. The smallest absolute Gasteiger partial charge is 0.155 e. The molecule has 0 bridgehead atoms. The molecular weight excluding hydrogens is 270 g/mol. The highest BCUT2D eigenvalue weighted by Crippen LogP contribution is 2.21. The van der Waals surface area contributed by atoms with E-state index in [0.717, 1.165) is 15.9 Å². The van der Waals surface area contributed by atoms with Crippen LogP contribution in [0.25, 0.3) is 0 Å². The number of benzene rings is 1. The molecule has 0 atom stereocenters. The van der Waals surface area contributed by atoms with Crippen molar-refractivity contribution in [3.8, 4) is 6.07 Å². The van der Waals surface area contributed by atoms with E-state index in [4.69, 9.17) is 9.78 Å². The molecule has 16 heavy (non-hydrogen) atoms. The number of nitrogens with one attached hydrogen (secondary N) is 1. The molecule has 1 N–H and O–H groups in total. The molecule has 4 nitrogen and oxygen atoms in total. The number of hydrogen-bond donors (Lipinski definition) is 1. The lowest BCUT2D eigenvalue weighted by Gasteiger charge is -2.04. The van der Waals surface area contributed by atoms with E-state index in [1.165, 1.54) is 0 Å². The molecule has 1 aromatic carbocycles. The average molecular weight is 278 g/mol. The molecule has 2 rings (SSSR count). The van der Waals surface area contributed by atoms with Crippen LogP contribution in [0.4, 0.5) is 5.69 Å². The lowest BCUT2D eigenvalue weighted by molar-refractivity contribution is 0.388. The van der Waals surface area contributed by atoms with E-state index in [0.29, 0.717) is 12.1 Å². The average Bonchev–Trinajstić information content (AvgIpc) is 2.79. The molecule has 0 unspecified atom stereocenters. The number of aromatic nitrogens is 1. The normalized spacial score (nSPS) is 9.75. The van der Waals surface area contributed by atoms with E-state index in [1.54, 1.807) is 18.3 Å². The van der Waals surface area contributed by atoms with Crippen LogP contribution in [-0.4, -0.2) is 5.16 Å². The lowest BCUT2D eigenvalue weighted by Crippen LogP contribution is -1.98. The fourth-order valence-electron chi connectivity index (χ4n) is 1.24. The van der Waals surface area contributed by atoms with Crippen molar-refractivity contribution < 1.29 is 4.52 Å². The summed E-state index contributed by atoms with van der Waals surface area (Å²) in [6, 6.07) is 9.35. The maximum Gasteiger partial charge on any atom is 0.155 e. The first kappa shape index (κ1) is 10.7. The molecular formula is C11H8BrN3O. The number of nitrogens with zero attached hydrogens (tertiary/aromatic N) is 2. The molecule has 1 aromatic heterocycles. The quantitative estimate of drug-likeness (QED) is 0.937. The molecule has 0 spiro atoms. The fraction of sp³-hybridized carbons (Fsp3) is 0.0909. The monoisotopic (exact) mass is 277 g/mol. The summed E-state index contributed by atoms with van der Waals surface area (Å²) in [6.45, 7) is 0.568. The summed E-state index contributed by atoms with van der Waals surface area (Å²) < 4.78 is 5.73. The Labute approximate surface area is 101 Å². The van der Waals surface area contributed by atoms with Crippen LogP contribution in [0.1, 0.15) is 11.3 Å². The largest absolute Gasteiger partial charge is 0.378 e. The third-order valence-electron chi connectivity index (χ3n) is 2.05. The van der Waals surface area contributed by atoms with Crippen LogP contribution in [0, 0.1) is 11.3 Å². The highest BCUT2D eigenvalue weighted by atomic mass is 79.9. The summed E-state index contributed by atoms with van der Waals surface area (Å²) >= 11 is 3.33. The summed E-state index contributed by atoms with van der Waals surface area (Å²) in [6.07, 6.45) is 1.60. The van der Waals surface area contributed by atoms with Crippen molar-refractivity contribution in [3.63, 3.8) is 0 Å². The Morgan fingerprint density at radius 3 is 2.94 bits per heavy atom. The second-order valence-electron chi connectivity index (χ2n) is 3.14. The van der Waals surface area contributed by atoms with E-state index in [-0.39, 0.29) is 0 Å². The molecule has 0 fully saturated rings. The number of anilines is 1. The predicted molar refractivity (Wildman–Crippen MR) is 62.7 cm³/mol. The summed E-state index contributed by atoms with van der Waals surface area (Å²) in [5.74, 6) is 0.764. The summed E-state index contributed by atoms with van der Waals surface area (Å²) in [5, 5.41) is 15.5. The Bertz CT molecular complexity index is 517. The van der Waals surface area contributed by atoms with Gasteiger partial charge in [-0.1, -0.05) is 5.16 Å². The molecule has 1 heterocycles. The first-order chi connectivity index (χ1) is 7.79. The first-order valence-corrected chi connectivity index (χ1v) is 5.42. The third-order valence-corrected chi connectivity index (χ3v) is 2.70. The van der Waals surface area contributed by atoms with Gasteiger partial charge in [-0.25, -0.2) is 0 Å². The molecule has 0 aliphatic heterocycles. The van der Waals surface area contributed by atoms with Crippen LogP contribution in [0.3, 0.4) is 0 Å². The van der Waals surface area contributed by atoms with Crippen molar-refractivity contribution in [1.29, 1.82) is 5.26 Å². The second kappa shape index (κ2) is 4.81. The minimum absolute atomic E-state index is 0.568. The minimum Gasteiger partial charge on any atom is -0.378 e. The van der Waals surface area contributed by atoms with Gasteiger partial charge in [0.25, 0.3) is 0 Å². The standard InChI is InChI=1S/C11H8BrN3O/c12-11-5-9(2-1-8(11)6-13)14-7-10-3-4-15-16-10/h1-5,14H,7H2. The number of halogens is 1. The molecule has 5 heteroatoms. The van der Waals surface area contributed by atoms with Crippen molar-refractivity contribution in [2.24, 2.45) is 0 Å². The molecule has 0 radical (unpaired) electrons. The summed E-state index contributed by atoms with van der Waals surface area (Å²) in [7, 11) is 0. The van der Waals surface area contributed by atoms with Crippen molar-refractivity contribution in [2.75, 3.05) is 5.32 Å². The minimum atomic E-state index is 0.568. The maximum absolute atomic E-state index is 8.77. The van der Waals surface area contributed by atoms with E-state index in [1.807, 2.05) is 12.1 Å². The zero-order chi connectivity index (χ0) is 11.4. The van der Waals surface area contributed by atoms with Gasteiger partial charge in [0, 0.05) is 16.2 Å². The number of nitriles is 1. The Morgan fingerprint density at radius 1 is 1.44 bits per heavy atom. The summed E-state index contributed by atoms with van der Waals surface area (Å²) in [5.41, 5.74) is 1.53. The van der Waals surface area contributed by atoms with Gasteiger partial charge in [0.1, 0.15) is 6.07 Å². The first-order valence-electron chi connectivity index (χ1n) is 4.62. The highest BCUT2D eigenvalue weighted by molar-refractivity contribution is 9.10. The van der Waals surface area contributed by atoms with E-state index in [9.17, 15) is 0 Å². The van der Waals surface area contributed by atoms with E-state index < -0.39 is 0 Å². The van der Waals surface area contributed by atoms with Crippen LogP contribution >= 0.6 is 15.9 Å². The number of rotatable bonds is 3. The van der Waals surface area contributed by atoms with Crippen LogP contribution in [0.2, 0.25) is 0 Å². The van der Waals surface area contributed by atoms with E-state index in [2.05, 4.69) is 32.5 Å².